The molecule has 6 heteroatoms. The van der Waals surface area contributed by atoms with Crippen LogP contribution in [0.3, 0.4) is 0 Å². The van der Waals surface area contributed by atoms with E-state index in [4.69, 9.17) is 0 Å². The van der Waals surface area contributed by atoms with Crippen molar-refractivity contribution in [3.8, 4) is 0 Å². The summed E-state index contributed by atoms with van der Waals surface area (Å²) in [5.74, 6) is 0.513. The lowest BCUT2D eigenvalue weighted by molar-refractivity contribution is 0.260. The maximum atomic E-state index is 12.3. The van der Waals surface area contributed by atoms with Crippen molar-refractivity contribution in [2.45, 2.75) is 62.6 Å². The van der Waals surface area contributed by atoms with E-state index < -0.39 is 10.0 Å². The Morgan fingerprint density at radius 2 is 2.10 bits per heavy atom. The van der Waals surface area contributed by atoms with Crippen LogP contribution in [0.25, 0.3) is 0 Å². The van der Waals surface area contributed by atoms with Crippen LogP contribution in [0.4, 0.5) is 0 Å². The van der Waals surface area contributed by atoms with Crippen LogP contribution in [0.2, 0.25) is 0 Å². The fraction of sp³-hybridized carbons (Fsp3) is 0.714. The van der Waals surface area contributed by atoms with Gasteiger partial charge in [-0.2, -0.15) is 0 Å². The highest BCUT2D eigenvalue weighted by Crippen LogP contribution is 2.30. The molecule has 0 aliphatic heterocycles. The predicted molar refractivity (Wildman–Crippen MR) is 81.3 cm³/mol. The van der Waals surface area contributed by atoms with Gasteiger partial charge < -0.3 is 5.32 Å². The van der Waals surface area contributed by atoms with Gasteiger partial charge in [0, 0.05) is 28.9 Å². The third kappa shape index (κ3) is 3.42. The van der Waals surface area contributed by atoms with Crippen LogP contribution in [0.15, 0.2) is 16.3 Å². The van der Waals surface area contributed by atoms with Crippen LogP contribution in [0, 0.1) is 5.92 Å². The van der Waals surface area contributed by atoms with Gasteiger partial charge in [0.05, 0.1) is 4.90 Å². The van der Waals surface area contributed by atoms with E-state index in [1.54, 1.807) is 11.4 Å². The Balaban J connectivity index is 1.60. The van der Waals surface area contributed by atoms with Gasteiger partial charge in [0.1, 0.15) is 0 Å². The zero-order valence-electron chi connectivity index (χ0n) is 11.8. The van der Waals surface area contributed by atoms with Gasteiger partial charge in [-0.1, -0.05) is 6.42 Å². The zero-order valence-corrected chi connectivity index (χ0v) is 13.4. The standard InChI is InChI=1S/C14H22N2O2S2/c1-10(11-3-2-4-11)16-20(17,18)14-7-13(19-9-14)8-15-12-5-6-12/h7,9-12,15-16H,2-6,8H2,1H3. The van der Waals surface area contributed by atoms with E-state index in [1.807, 2.05) is 6.92 Å². The molecule has 3 rings (SSSR count). The van der Waals surface area contributed by atoms with Crippen LogP contribution < -0.4 is 10.0 Å². The number of hydrogen-bond acceptors (Lipinski definition) is 4. The number of rotatable bonds is 7. The Labute approximate surface area is 125 Å². The largest absolute Gasteiger partial charge is 0.309 e. The van der Waals surface area contributed by atoms with Crippen molar-refractivity contribution in [3.05, 3.63) is 16.3 Å². The van der Waals surface area contributed by atoms with Gasteiger partial charge in [0.15, 0.2) is 0 Å². The molecule has 0 aromatic carbocycles. The van der Waals surface area contributed by atoms with Crippen LogP contribution in [-0.2, 0) is 16.6 Å². The molecule has 112 valence electrons. The summed E-state index contributed by atoms with van der Waals surface area (Å²) < 4.78 is 27.5. The minimum absolute atomic E-state index is 0.0432. The fourth-order valence-electron chi connectivity index (χ4n) is 2.48. The van der Waals surface area contributed by atoms with Gasteiger partial charge >= 0.3 is 0 Å². The topological polar surface area (TPSA) is 58.2 Å². The second-order valence-corrected chi connectivity index (χ2v) is 8.71. The van der Waals surface area contributed by atoms with Gasteiger partial charge in [-0.15, -0.1) is 11.3 Å². The lowest BCUT2D eigenvalue weighted by Crippen LogP contribution is -2.40. The fourth-order valence-corrected chi connectivity index (χ4v) is 5.01. The molecule has 2 fully saturated rings. The summed E-state index contributed by atoms with van der Waals surface area (Å²) in [6, 6.07) is 2.49. The lowest BCUT2D eigenvalue weighted by Gasteiger charge is -2.31. The van der Waals surface area contributed by atoms with Crippen molar-refractivity contribution in [2.75, 3.05) is 0 Å². The van der Waals surface area contributed by atoms with Crippen LogP contribution >= 0.6 is 11.3 Å². The number of sulfonamides is 1. The molecular formula is C14H22N2O2S2. The summed E-state index contributed by atoms with van der Waals surface area (Å²) in [6.45, 7) is 2.76. The molecule has 1 heterocycles. The molecule has 1 atom stereocenters. The second-order valence-electron chi connectivity index (χ2n) is 6.00. The maximum absolute atomic E-state index is 12.3. The first-order chi connectivity index (χ1) is 9.54. The van der Waals surface area contributed by atoms with Crippen molar-refractivity contribution in [3.63, 3.8) is 0 Å². The smallest absolute Gasteiger partial charge is 0.241 e. The van der Waals surface area contributed by atoms with Crippen LogP contribution in [-0.4, -0.2) is 20.5 Å². The molecule has 0 amide bonds. The van der Waals surface area contributed by atoms with E-state index >= 15 is 0 Å². The Kier molecular flexibility index (Phi) is 4.17. The molecule has 2 aliphatic carbocycles. The number of hydrogen-bond donors (Lipinski definition) is 2. The normalized spacial score (nSPS) is 21.6. The summed E-state index contributed by atoms with van der Waals surface area (Å²) in [6.07, 6.45) is 6.01. The van der Waals surface area contributed by atoms with Gasteiger partial charge in [-0.25, -0.2) is 13.1 Å². The van der Waals surface area contributed by atoms with Crippen molar-refractivity contribution in [1.82, 2.24) is 10.0 Å². The van der Waals surface area contributed by atoms with E-state index in [0.717, 1.165) is 24.3 Å². The van der Waals surface area contributed by atoms with E-state index in [2.05, 4.69) is 10.0 Å². The molecule has 2 N–H and O–H groups in total. The molecule has 20 heavy (non-hydrogen) atoms. The highest BCUT2D eigenvalue weighted by molar-refractivity contribution is 7.89. The molecular weight excluding hydrogens is 292 g/mol. The average molecular weight is 314 g/mol. The second kappa shape index (κ2) is 5.75. The zero-order chi connectivity index (χ0) is 14.2. The third-order valence-electron chi connectivity index (χ3n) is 4.28. The Morgan fingerprint density at radius 3 is 2.70 bits per heavy atom. The minimum Gasteiger partial charge on any atom is -0.309 e. The molecule has 0 bridgehead atoms. The van der Waals surface area contributed by atoms with Crippen LogP contribution in [0.5, 0.6) is 0 Å². The summed E-state index contributed by atoms with van der Waals surface area (Å²) in [5.41, 5.74) is 0. The number of nitrogens with one attached hydrogen (secondary N) is 2. The molecule has 1 unspecified atom stereocenters. The highest BCUT2D eigenvalue weighted by atomic mass is 32.2. The Morgan fingerprint density at radius 1 is 1.35 bits per heavy atom. The molecule has 0 spiro atoms. The quantitative estimate of drug-likeness (QED) is 0.813. The van der Waals surface area contributed by atoms with Crippen molar-refractivity contribution < 1.29 is 8.42 Å². The first-order valence-corrected chi connectivity index (χ1v) is 9.74. The molecule has 2 saturated carbocycles. The molecule has 0 saturated heterocycles. The molecule has 4 nitrogen and oxygen atoms in total. The molecule has 1 aromatic rings. The number of thiophene rings is 1. The lowest BCUT2D eigenvalue weighted by atomic mass is 9.81. The van der Waals surface area contributed by atoms with Gasteiger partial charge in [-0.05, 0) is 44.6 Å². The van der Waals surface area contributed by atoms with Crippen molar-refractivity contribution in [1.29, 1.82) is 0 Å². The Bertz CT molecular complexity index is 559. The minimum atomic E-state index is -3.35. The van der Waals surface area contributed by atoms with E-state index in [0.29, 0.717) is 16.9 Å². The van der Waals surface area contributed by atoms with Gasteiger partial charge in [0.25, 0.3) is 0 Å². The summed E-state index contributed by atoms with van der Waals surface area (Å²) in [5, 5.41) is 5.16. The van der Waals surface area contributed by atoms with Crippen LogP contribution in [0.1, 0.15) is 43.9 Å². The third-order valence-corrected chi connectivity index (χ3v) is 6.90. The van der Waals surface area contributed by atoms with E-state index in [-0.39, 0.29) is 6.04 Å². The first-order valence-electron chi connectivity index (χ1n) is 7.38. The first kappa shape index (κ1) is 14.5. The predicted octanol–water partition coefficient (Wildman–Crippen LogP) is 2.47. The molecule has 2 aliphatic rings. The summed E-state index contributed by atoms with van der Waals surface area (Å²) >= 11 is 1.52. The van der Waals surface area contributed by atoms with E-state index in [1.165, 1.54) is 30.6 Å². The average Bonchev–Trinajstić information content (AvgIpc) is 2.99. The highest BCUT2D eigenvalue weighted by Gasteiger charge is 2.28. The Hall–Kier alpha value is -0.430. The van der Waals surface area contributed by atoms with Gasteiger partial charge in [0.2, 0.25) is 10.0 Å². The summed E-state index contributed by atoms with van der Waals surface area (Å²) in [4.78, 5) is 1.51. The monoisotopic (exact) mass is 314 g/mol. The summed E-state index contributed by atoms with van der Waals surface area (Å²) in [7, 11) is -3.35. The maximum Gasteiger partial charge on any atom is 0.241 e. The van der Waals surface area contributed by atoms with Crippen molar-refractivity contribution in [2.24, 2.45) is 5.92 Å². The van der Waals surface area contributed by atoms with E-state index in [9.17, 15) is 8.42 Å². The van der Waals surface area contributed by atoms with Crippen molar-refractivity contribution >= 4 is 21.4 Å². The molecule has 0 radical (unpaired) electrons. The SMILES string of the molecule is CC(NS(=O)(=O)c1csc(CNC2CC2)c1)C1CCC1. The van der Waals surface area contributed by atoms with Gasteiger partial charge in [-0.3, -0.25) is 0 Å². The molecule has 1 aromatic heterocycles.